The fourth-order valence-corrected chi connectivity index (χ4v) is 9.73. The number of nitrogens with one attached hydrogen (secondary N) is 6. The van der Waals surface area contributed by atoms with Crippen LogP contribution in [0.2, 0.25) is 0 Å². The number of piperazine rings is 1. The quantitative estimate of drug-likeness (QED) is 0.0597. The maximum absolute atomic E-state index is 13.6. The van der Waals surface area contributed by atoms with Gasteiger partial charge in [0.1, 0.15) is 24.7 Å². The van der Waals surface area contributed by atoms with E-state index in [9.17, 15) is 19.2 Å². The van der Waals surface area contributed by atoms with Gasteiger partial charge in [0, 0.05) is 84.3 Å². The Labute approximate surface area is 392 Å². The number of rotatable bonds is 26. The molecule has 3 aliphatic rings. The molecule has 358 valence electrons. The van der Waals surface area contributed by atoms with E-state index in [-0.39, 0.29) is 58.3 Å². The van der Waals surface area contributed by atoms with Crippen LogP contribution in [0.4, 0.5) is 9.59 Å². The van der Waals surface area contributed by atoms with Crippen molar-refractivity contribution in [3.05, 3.63) is 59.7 Å². The first-order chi connectivity index (χ1) is 31.6. The van der Waals surface area contributed by atoms with Crippen molar-refractivity contribution in [1.29, 1.82) is 0 Å². The van der Waals surface area contributed by atoms with Crippen LogP contribution in [0, 0.1) is 23.7 Å². The van der Waals surface area contributed by atoms with Crippen molar-refractivity contribution in [2.45, 2.75) is 61.0 Å². The van der Waals surface area contributed by atoms with Crippen molar-refractivity contribution in [2.24, 2.45) is 11.8 Å². The van der Waals surface area contributed by atoms with Crippen LogP contribution < -0.4 is 41.4 Å². The van der Waals surface area contributed by atoms with E-state index < -0.39 is 5.25 Å². The molecular formula is C46H68N8O9S2. The minimum Gasteiger partial charge on any atom is -0.497 e. The fourth-order valence-electron chi connectivity index (χ4n) is 7.11. The highest BCUT2D eigenvalue weighted by Crippen LogP contribution is 2.28. The molecule has 6 amide bonds. The molecule has 0 radical (unpaired) electrons. The number of nitrogens with zero attached hydrogens (tertiary/aromatic N) is 2. The zero-order chi connectivity index (χ0) is 46.2. The lowest BCUT2D eigenvalue weighted by atomic mass is 10.1. The average Bonchev–Trinajstić information content (AvgIpc) is 3.32. The Morgan fingerprint density at radius 2 is 1.22 bits per heavy atom. The predicted molar refractivity (Wildman–Crippen MR) is 254 cm³/mol. The van der Waals surface area contributed by atoms with Crippen molar-refractivity contribution < 1.29 is 42.9 Å². The molecule has 0 bridgehead atoms. The van der Waals surface area contributed by atoms with Crippen molar-refractivity contribution in [3.63, 3.8) is 0 Å². The summed E-state index contributed by atoms with van der Waals surface area (Å²) in [6, 6.07) is 14.7. The van der Waals surface area contributed by atoms with Gasteiger partial charge >= 0.3 is 12.1 Å². The number of carbonyl (C=O) groups excluding carboxylic acids is 4. The monoisotopic (exact) mass is 940 g/mol. The van der Waals surface area contributed by atoms with Crippen LogP contribution in [0.3, 0.4) is 0 Å². The Balaban J connectivity index is 0.967. The zero-order valence-electron chi connectivity index (χ0n) is 38.2. The van der Waals surface area contributed by atoms with Gasteiger partial charge in [-0.1, -0.05) is 50.0 Å². The lowest BCUT2D eigenvalue weighted by molar-refractivity contribution is -0.121. The minimum absolute atomic E-state index is 0.0355. The molecule has 0 aromatic heterocycles. The predicted octanol–water partition coefficient (Wildman–Crippen LogP) is 2.84. The molecule has 0 spiro atoms. The maximum Gasteiger partial charge on any atom is 0.315 e. The number of amides is 6. The van der Waals surface area contributed by atoms with Gasteiger partial charge < -0.3 is 60.5 Å². The molecule has 65 heavy (non-hydrogen) atoms. The molecule has 19 heteroatoms. The van der Waals surface area contributed by atoms with Gasteiger partial charge in [-0.15, -0.1) is 23.5 Å². The summed E-state index contributed by atoms with van der Waals surface area (Å²) in [6.07, 6.45) is 0.986. The van der Waals surface area contributed by atoms with Gasteiger partial charge in [-0.25, -0.2) is 9.59 Å². The summed E-state index contributed by atoms with van der Waals surface area (Å²) >= 11 is 2.95. The van der Waals surface area contributed by atoms with Crippen molar-refractivity contribution in [3.8, 4) is 23.3 Å². The van der Waals surface area contributed by atoms with Crippen molar-refractivity contribution in [1.82, 2.24) is 41.7 Å². The zero-order valence-corrected chi connectivity index (χ0v) is 39.8. The lowest BCUT2D eigenvalue weighted by Crippen LogP contribution is -2.54. The summed E-state index contributed by atoms with van der Waals surface area (Å²) in [5.74, 6) is 7.66. The number of methoxy groups -OCH3 is 2. The van der Waals surface area contributed by atoms with Crippen LogP contribution in [-0.2, 0) is 36.9 Å². The van der Waals surface area contributed by atoms with Crippen molar-refractivity contribution in [2.75, 3.05) is 106 Å². The van der Waals surface area contributed by atoms with E-state index in [0.717, 1.165) is 62.8 Å². The third-order valence-electron chi connectivity index (χ3n) is 11.2. The van der Waals surface area contributed by atoms with Crippen LogP contribution in [-0.4, -0.2) is 161 Å². The SMILES string of the molecule is COCCN1CCN(CCC(SC2NC(=O)NCC2C)C(=O)NCc2ccc(OCCOCCOCC#CCC(SC3NC(=O)NCC3C)C(=O)NCc3ccc(OC)cc3)cc2)CC1. The highest BCUT2D eigenvalue weighted by molar-refractivity contribution is 8.01. The molecule has 0 aliphatic carbocycles. The molecule has 0 saturated carbocycles. The third-order valence-corrected chi connectivity index (χ3v) is 14.5. The first kappa shape index (κ1) is 51.6. The van der Waals surface area contributed by atoms with Gasteiger partial charge in [0.2, 0.25) is 11.8 Å². The van der Waals surface area contributed by atoms with Gasteiger partial charge in [0.15, 0.2) is 0 Å². The summed E-state index contributed by atoms with van der Waals surface area (Å²) in [7, 11) is 3.34. The topological polar surface area (TPSA) is 193 Å². The minimum atomic E-state index is -0.492. The summed E-state index contributed by atoms with van der Waals surface area (Å²) in [4.78, 5) is 55.8. The molecule has 6 unspecified atom stereocenters. The molecule has 2 aromatic rings. The molecule has 5 rings (SSSR count). The smallest absolute Gasteiger partial charge is 0.315 e. The highest BCUT2D eigenvalue weighted by atomic mass is 32.2. The molecule has 3 fully saturated rings. The Morgan fingerprint density at radius 3 is 1.80 bits per heavy atom. The van der Waals surface area contributed by atoms with Crippen LogP contribution in [0.25, 0.3) is 0 Å². The Kier molecular flexibility index (Phi) is 22.7. The number of hydrogen-bond donors (Lipinski definition) is 6. The molecule has 2 aromatic carbocycles. The number of carbonyl (C=O) groups is 4. The van der Waals surface area contributed by atoms with E-state index >= 15 is 0 Å². The standard InChI is InChI=1S/C46H68N8O9S2/c1-33-29-49-45(57)51-43(33)64-39(41(55)47-31-35-8-12-37(60-4)13-9-35)7-5-6-23-61-25-26-62-27-28-63-38-14-10-36(11-15-38)32-48-42(56)40(65-44-34(2)30-50-46(58)52-44)16-17-53-18-20-54(21-19-53)22-24-59-3/h8-15,33-34,39-40,43-44H,7,16-32H2,1-4H3,(H,47,55)(H,48,56)(H2,49,51,57)(H2,50,52,58). The normalized spacial score (nSPS) is 21.0. The van der Waals surface area contributed by atoms with E-state index in [4.69, 9.17) is 23.7 Å². The highest BCUT2D eigenvalue weighted by Gasteiger charge is 2.33. The molecule has 6 atom stereocenters. The summed E-state index contributed by atoms with van der Waals surface area (Å²) in [6.45, 7) is 14.0. The molecule has 3 saturated heterocycles. The molecule has 6 N–H and O–H groups in total. The average molecular weight is 941 g/mol. The molecule has 3 heterocycles. The third kappa shape index (κ3) is 18.8. The number of benzene rings is 2. The second-order valence-electron chi connectivity index (χ2n) is 16.2. The molecular weight excluding hydrogens is 873 g/mol. The number of ether oxygens (including phenoxy) is 5. The van der Waals surface area contributed by atoms with Crippen LogP contribution in [0.15, 0.2) is 48.5 Å². The van der Waals surface area contributed by atoms with Gasteiger partial charge in [0.05, 0.1) is 54.8 Å². The van der Waals surface area contributed by atoms with E-state index in [2.05, 4.69) is 60.5 Å². The maximum atomic E-state index is 13.6. The Hall–Kier alpha value is -4.42. The first-order valence-electron chi connectivity index (χ1n) is 22.4. The van der Waals surface area contributed by atoms with E-state index in [0.29, 0.717) is 71.2 Å². The van der Waals surface area contributed by atoms with Crippen LogP contribution in [0.1, 0.15) is 37.8 Å². The number of thioether (sulfide) groups is 2. The van der Waals surface area contributed by atoms with E-state index in [1.165, 1.54) is 11.8 Å². The summed E-state index contributed by atoms with van der Waals surface area (Å²) in [5, 5.41) is 16.5. The molecule has 17 nitrogen and oxygen atoms in total. The van der Waals surface area contributed by atoms with Gasteiger partial charge in [-0.2, -0.15) is 0 Å². The second-order valence-corrected chi connectivity index (χ2v) is 18.9. The Bertz CT molecular complexity index is 1830. The van der Waals surface area contributed by atoms with Crippen LogP contribution in [0.5, 0.6) is 11.5 Å². The first-order valence-corrected chi connectivity index (χ1v) is 24.3. The number of urea groups is 2. The molecule has 3 aliphatic heterocycles. The van der Waals surface area contributed by atoms with Gasteiger partial charge in [0.25, 0.3) is 0 Å². The second kappa shape index (κ2) is 28.6. The van der Waals surface area contributed by atoms with Crippen molar-refractivity contribution >= 4 is 47.4 Å². The summed E-state index contributed by atoms with van der Waals surface area (Å²) < 4.78 is 27.6. The lowest BCUT2D eigenvalue weighted by Gasteiger charge is -2.36. The fraction of sp³-hybridized carbons (Fsp3) is 0.609. The summed E-state index contributed by atoms with van der Waals surface area (Å²) in [5.41, 5.74) is 1.90. The Morgan fingerprint density at radius 1 is 0.692 bits per heavy atom. The van der Waals surface area contributed by atoms with E-state index in [1.807, 2.05) is 55.5 Å². The number of hydrogen-bond acceptors (Lipinski definition) is 13. The van der Waals surface area contributed by atoms with Crippen LogP contribution >= 0.6 is 23.5 Å². The van der Waals surface area contributed by atoms with Gasteiger partial charge in [-0.05, 0) is 48.4 Å². The van der Waals surface area contributed by atoms with Gasteiger partial charge in [-0.3, -0.25) is 14.5 Å². The largest absolute Gasteiger partial charge is 0.497 e. The van der Waals surface area contributed by atoms with E-state index in [1.54, 1.807) is 26.0 Å².